The van der Waals surface area contributed by atoms with Gasteiger partial charge in [0.2, 0.25) is 0 Å². The molecule has 1 aliphatic rings. The van der Waals surface area contributed by atoms with E-state index < -0.39 is 0 Å². The van der Waals surface area contributed by atoms with Gasteiger partial charge in [-0.15, -0.1) is 0 Å². The number of ether oxygens (including phenoxy) is 1. The Kier molecular flexibility index (Phi) is 3.53. The first kappa shape index (κ1) is 10.0. The summed E-state index contributed by atoms with van der Waals surface area (Å²) in [5, 5.41) is 0. The van der Waals surface area contributed by atoms with Gasteiger partial charge in [-0.2, -0.15) is 0 Å². The summed E-state index contributed by atoms with van der Waals surface area (Å²) in [7, 11) is 0. The van der Waals surface area contributed by atoms with Crippen molar-refractivity contribution in [2.45, 2.75) is 39.8 Å². The highest BCUT2D eigenvalue weighted by molar-refractivity contribution is 4.72. The van der Waals surface area contributed by atoms with Crippen LogP contribution in [0.25, 0.3) is 0 Å². The van der Waals surface area contributed by atoms with Crippen LogP contribution in [0.2, 0.25) is 0 Å². The molecule has 2 nitrogen and oxygen atoms in total. The van der Waals surface area contributed by atoms with Gasteiger partial charge in [0.1, 0.15) is 0 Å². The molecule has 0 aromatic heterocycles. The van der Waals surface area contributed by atoms with Crippen molar-refractivity contribution in [2.75, 3.05) is 19.7 Å². The van der Waals surface area contributed by atoms with Crippen molar-refractivity contribution in [3.63, 3.8) is 0 Å². The second kappa shape index (κ2) is 4.24. The maximum Gasteiger partial charge on any atom is 0.0674 e. The first-order chi connectivity index (χ1) is 5.59. The van der Waals surface area contributed by atoms with Crippen LogP contribution in [0.1, 0.15) is 27.7 Å². The molecule has 2 atom stereocenters. The fourth-order valence-electron chi connectivity index (χ4n) is 1.66. The maximum atomic E-state index is 5.65. The quantitative estimate of drug-likeness (QED) is 0.596. The molecule has 0 aromatic rings. The van der Waals surface area contributed by atoms with Gasteiger partial charge in [-0.3, -0.25) is 4.90 Å². The second-order valence-corrected chi connectivity index (χ2v) is 4.30. The summed E-state index contributed by atoms with van der Waals surface area (Å²) >= 11 is 0. The Balaban J connectivity index is 2.49. The van der Waals surface area contributed by atoms with Crippen molar-refractivity contribution < 1.29 is 4.74 Å². The number of nitrogens with zero attached hydrogens (tertiary/aromatic N) is 1. The van der Waals surface area contributed by atoms with E-state index in [1.165, 1.54) is 6.54 Å². The third-order valence-corrected chi connectivity index (χ3v) is 2.43. The van der Waals surface area contributed by atoms with Crippen molar-refractivity contribution >= 4 is 0 Å². The van der Waals surface area contributed by atoms with E-state index in [2.05, 4.69) is 32.6 Å². The van der Waals surface area contributed by atoms with Crippen molar-refractivity contribution in [2.24, 2.45) is 5.92 Å². The monoisotopic (exact) mass is 171 g/mol. The lowest BCUT2D eigenvalue weighted by Crippen LogP contribution is -2.37. The lowest BCUT2D eigenvalue weighted by molar-refractivity contribution is 0.0550. The third-order valence-electron chi connectivity index (χ3n) is 2.43. The molecule has 0 unspecified atom stereocenters. The molecule has 1 heterocycles. The molecule has 0 aromatic carbocycles. The van der Waals surface area contributed by atoms with Gasteiger partial charge in [0, 0.05) is 19.1 Å². The zero-order valence-corrected chi connectivity index (χ0v) is 8.71. The molecular formula is C10H21NO. The Labute approximate surface area is 75.9 Å². The van der Waals surface area contributed by atoms with Crippen LogP contribution in [0.4, 0.5) is 0 Å². The van der Waals surface area contributed by atoms with Gasteiger partial charge in [-0.25, -0.2) is 0 Å². The van der Waals surface area contributed by atoms with Crippen LogP contribution < -0.4 is 0 Å². The molecular weight excluding hydrogens is 150 g/mol. The Morgan fingerprint density at radius 2 is 1.92 bits per heavy atom. The van der Waals surface area contributed by atoms with Crippen LogP contribution in [0, 0.1) is 5.92 Å². The van der Waals surface area contributed by atoms with E-state index in [1.807, 2.05) is 0 Å². The normalized spacial score (nSPS) is 33.8. The summed E-state index contributed by atoms with van der Waals surface area (Å²) in [6.07, 6.45) is 0.400. The molecule has 1 fully saturated rings. The largest absolute Gasteiger partial charge is 0.377 e. The summed E-state index contributed by atoms with van der Waals surface area (Å²) in [5.41, 5.74) is 0. The van der Waals surface area contributed by atoms with Gasteiger partial charge < -0.3 is 4.74 Å². The molecule has 0 bridgehead atoms. The smallest absolute Gasteiger partial charge is 0.0674 e. The maximum absolute atomic E-state index is 5.65. The van der Waals surface area contributed by atoms with E-state index in [-0.39, 0.29) is 0 Å². The van der Waals surface area contributed by atoms with Gasteiger partial charge in [0.05, 0.1) is 12.7 Å². The highest BCUT2D eigenvalue weighted by atomic mass is 16.5. The third kappa shape index (κ3) is 2.76. The lowest BCUT2D eigenvalue weighted by atomic mass is 10.1. The summed E-state index contributed by atoms with van der Waals surface area (Å²) in [6.45, 7) is 12.1. The predicted molar refractivity (Wildman–Crippen MR) is 51.3 cm³/mol. The number of hydrogen-bond acceptors (Lipinski definition) is 2. The molecule has 2 heteroatoms. The van der Waals surface area contributed by atoms with E-state index >= 15 is 0 Å². The highest BCUT2D eigenvalue weighted by Crippen LogP contribution is 2.12. The fourth-order valence-corrected chi connectivity index (χ4v) is 1.66. The minimum absolute atomic E-state index is 0.400. The van der Waals surface area contributed by atoms with E-state index in [1.54, 1.807) is 0 Å². The van der Waals surface area contributed by atoms with Crippen LogP contribution >= 0.6 is 0 Å². The van der Waals surface area contributed by atoms with Crippen molar-refractivity contribution in [3.05, 3.63) is 0 Å². The summed E-state index contributed by atoms with van der Waals surface area (Å²) in [4.78, 5) is 2.50. The van der Waals surface area contributed by atoms with Crippen molar-refractivity contribution in [1.29, 1.82) is 0 Å². The SMILES string of the molecule is CC(C)N1C[C@@H](C)CO[C@@H](C)C1. The van der Waals surface area contributed by atoms with E-state index in [9.17, 15) is 0 Å². The van der Waals surface area contributed by atoms with Gasteiger partial charge in [-0.05, 0) is 26.7 Å². The van der Waals surface area contributed by atoms with Crippen molar-refractivity contribution in [1.82, 2.24) is 4.90 Å². The molecule has 0 N–H and O–H groups in total. The standard InChI is InChI=1S/C10H21NO/c1-8(2)11-5-9(3)7-12-10(4)6-11/h8-10H,5-7H2,1-4H3/t9-,10+/m1/s1. The van der Waals surface area contributed by atoms with E-state index in [4.69, 9.17) is 4.74 Å². The molecule has 0 amide bonds. The molecule has 12 heavy (non-hydrogen) atoms. The van der Waals surface area contributed by atoms with E-state index in [0.717, 1.165) is 13.2 Å². The van der Waals surface area contributed by atoms with Crippen LogP contribution in [-0.2, 0) is 4.74 Å². The average molecular weight is 171 g/mol. The fraction of sp³-hybridized carbons (Fsp3) is 1.00. The van der Waals surface area contributed by atoms with Gasteiger partial charge >= 0.3 is 0 Å². The molecule has 0 spiro atoms. The molecule has 72 valence electrons. The Morgan fingerprint density at radius 3 is 2.50 bits per heavy atom. The zero-order valence-electron chi connectivity index (χ0n) is 8.71. The Morgan fingerprint density at radius 1 is 1.25 bits per heavy atom. The number of hydrogen-bond donors (Lipinski definition) is 0. The molecule has 0 saturated carbocycles. The summed E-state index contributed by atoms with van der Waals surface area (Å²) in [6, 6.07) is 0.650. The molecule has 0 aliphatic carbocycles. The lowest BCUT2D eigenvalue weighted by Gasteiger charge is -2.26. The minimum Gasteiger partial charge on any atom is -0.377 e. The Bertz CT molecular complexity index is 124. The minimum atomic E-state index is 0.400. The van der Waals surface area contributed by atoms with Crippen LogP contribution in [0.15, 0.2) is 0 Å². The van der Waals surface area contributed by atoms with Gasteiger partial charge in [0.15, 0.2) is 0 Å². The Hall–Kier alpha value is -0.0800. The second-order valence-electron chi connectivity index (χ2n) is 4.30. The predicted octanol–water partition coefficient (Wildman–Crippen LogP) is 1.75. The summed E-state index contributed by atoms with van der Waals surface area (Å²) in [5.74, 6) is 0.678. The van der Waals surface area contributed by atoms with Gasteiger partial charge in [-0.1, -0.05) is 6.92 Å². The van der Waals surface area contributed by atoms with Crippen LogP contribution in [0.3, 0.4) is 0 Å². The van der Waals surface area contributed by atoms with E-state index in [0.29, 0.717) is 18.1 Å². The summed E-state index contributed by atoms with van der Waals surface area (Å²) < 4.78 is 5.65. The van der Waals surface area contributed by atoms with Crippen LogP contribution in [0.5, 0.6) is 0 Å². The van der Waals surface area contributed by atoms with Gasteiger partial charge in [0.25, 0.3) is 0 Å². The first-order valence-electron chi connectivity index (χ1n) is 4.95. The van der Waals surface area contributed by atoms with Crippen molar-refractivity contribution in [3.8, 4) is 0 Å². The molecule has 1 aliphatic heterocycles. The topological polar surface area (TPSA) is 12.5 Å². The molecule has 1 saturated heterocycles. The zero-order chi connectivity index (χ0) is 9.14. The average Bonchev–Trinajstić information content (AvgIpc) is 2.13. The van der Waals surface area contributed by atoms with Crippen LogP contribution in [-0.4, -0.2) is 36.7 Å². The first-order valence-corrected chi connectivity index (χ1v) is 4.95. The molecule has 1 rings (SSSR count). The molecule has 0 radical (unpaired) electrons. The number of rotatable bonds is 1. The highest BCUT2D eigenvalue weighted by Gasteiger charge is 2.20.